The van der Waals surface area contributed by atoms with Gasteiger partial charge in [-0.15, -0.1) is 0 Å². The largest absolute Gasteiger partial charge is 0.439 e. The van der Waals surface area contributed by atoms with Crippen LogP contribution < -0.4 is 9.64 Å². The smallest absolute Gasteiger partial charge is 0.224 e. The number of piperazine rings is 1. The van der Waals surface area contributed by atoms with Gasteiger partial charge in [0.25, 0.3) is 0 Å². The molecule has 6 heteroatoms. The molecule has 1 fully saturated rings. The molecule has 2 heterocycles. The van der Waals surface area contributed by atoms with Crippen LogP contribution in [0.3, 0.4) is 0 Å². The van der Waals surface area contributed by atoms with E-state index < -0.39 is 0 Å². The van der Waals surface area contributed by atoms with Gasteiger partial charge in [-0.1, -0.05) is 11.6 Å². The molecule has 1 aromatic carbocycles. The van der Waals surface area contributed by atoms with Gasteiger partial charge in [0.1, 0.15) is 17.9 Å². The van der Waals surface area contributed by atoms with Crippen LogP contribution in [0.1, 0.15) is 5.56 Å². The van der Waals surface area contributed by atoms with E-state index in [2.05, 4.69) is 26.8 Å². The van der Waals surface area contributed by atoms with Crippen LogP contribution >= 0.6 is 11.6 Å². The van der Waals surface area contributed by atoms with Gasteiger partial charge in [0.05, 0.1) is 0 Å². The fraction of sp³-hybridized carbons (Fsp3) is 0.375. The second-order valence-electron chi connectivity index (χ2n) is 5.52. The Balaban J connectivity index is 1.74. The van der Waals surface area contributed by atoms with E-state index in [4.69, 9.17) is 16.3 Å². The number of benzene rings is 1. The molecule has 0 unspecified atom stereocenters. The summed E-state index contributed by atoms with van der Waals surface area (Å²) in [6.07, 6.45) is 1.55. The molecule has 0 N–H and O–H groups in total. The molecule has 1 aromatic heterocycles. The maximum atomic E-state index is 6.03. The van der Waals surface area contributed by atoms with Crippen molar-refractivity contribution in [3.63, 3.8) is 0 Å². The minimum atomic E-state index is 0.547. The zero-order chi connectivity index (χ0) is 15.5. The van der Waals surface area contributed by atoms with Gasteiger partial charge < -0.3 is 14.5 Å². The Morgan fingerprint density at radius 3 is 2.59 bits per heavy atom. The monoisotopic (exact) mass is 318 g/mol. The Labute approximate surface area is 135 Å². The predicted molar refractivity (Wildman–Crippen MR) is 88.0 cm³/mol. The predicted octanol–water partition coefficient (Wildman–Crippen LogP) is 2.98. The van der Waals surface area contributed by atoms with E-state index in [0.29, 0.717) is 5.88 Å². The first-order valence-electron chi connectivity index (χ1n) is 7.31. The lowest BCUT2D eigenvalue weighted by atomic mass is 10.2. The lowest BCUT2D eigenvalue weighted by Crippen LogP contribution is -2.44. The van der Waals surface area contributed by atoms with Crippen molar-refractivity contribution in [2.45, 2.75) is 6.92 Å². The van der Waals surface area contributed by atoms with Gasteiger partial charge in [-0.2, -0.15) is 0 Å². The Morgan fingerprint density at radius 2 is 1.86 bits per heavy atom. The minimum absolute atomic E-state index is 0.547. The van der Waals surface area contributed by atoms with Crippen molar-refractivity contribution in [3.05, 3.63) is 41.2 Å². The number of likely N-dealkylation sites (N-methyl/N-ethyl adjacent to an activating group) is 1. The molecule has 0 spiro atoms. The highest BCUT2D eigenvalue weighted by atomic mass is 35.5. The molecule has 3 rings (SSSR count). The summed E-state index contributed by atoms with van der Waals surface area (Å²) in [4.78, 5) is 13.1. The van der Waals surface area contributed by atoms with E-state index in [9.17, 15) is 0 Å². The average molecular weight is 319 g/mol. The second-order valence-corrected chi connectivity index (χ2v) is 5.93. The van der Waals surface area contributed by atoms with E-state index in [-0.39, 0.29) is 0 Å². The molecule has 5 nitrogen and oxygen atoms in total. The number of hydrogen-bond donors (Lipinski definition) is 0. The summed E-state index contributed by atoms with van der Waals surface area (Å²) in [7, 11) is 2.13. The van der Waals surface area contributed by atoms with E-state index in [1.165, 1.54) is 0 Å². The van der Waals surface area contributed by atoms with Crippen LogP contribution in [-0.4, -0.2) is 48.1 Å². The molecule has 1 aliphatic heterocycles. The van der Waals surface area contributed by atoms with Crippen LogP contribution in [0.4, 0.5) is 5.82 Å². The van der Waals surface area contributed by atoms with Gasteiger partial charge in [0.2, 0.25) is 5.88 Å². The van der Waals surface area contributed by atoms with Crippen molar-refractivity contribution in [1.82, 2.24) is 14.9 Å². The fourth-order valence-electron chi connectivity index (χ4n) is 2.40. The molecule has 2 aromatic rings. The molecule has 1 aliphatic rings. The minimum Gasteiger partial charge on any atom is -0.439 e. The number of hydrogen-bond acceptors (Lipinski definition) is 5. The van der Waals surface area contributed by atoms with Crippen LogP contribution in [-0.2, 0) is 0 Å². The Hall–Kier alpha value is -1.85. The summed E-state index contributed by atoms with van der Waals surface area (Å²) in [5.41, 5.74) is 0.979. The van der Waals surface area contributed by atoms with Gasteiger partial charge in [0, 0.05) is 37.3 Å². The molecule has 0 amide bonds. The summed E-state index contributed by atoms with van der Waals surface area (Å²) < 4.78 is 5.82. The third-order valence-corrected chi connectivity index (χ3v) is 4.23. The Bertz CT molecular complexity index is 656. The van der Waals surface area contributed by atoms with Crippen LogP contribution in [0.25, 0.3) is 0 Å². The first-order chi connectivity index (χ1) is 10.6. The van der Waals surface area contributed by atoms with Gasteiger partial charge in [0.15, 0.2) is 0 Å². The maximum absolute atomic E-state index is 6.03. The van der Waals surface area contributed by atoms with Gasteiger partial charge in [-0.3, -0.25) is 0 Å². The lowest BCUT2D eigenvalue weighted by Gasteiger charge is -2.33. The van der Waals surface area contributed by atoms with E-state index in [1.807, 2.05) is 31.2 Å². The molecular weight excluding hydrogens is 300 g/mol. The molecule has 22 heavy (non-hydrogen) atoms. The lowest BCUT2D eigenvalue weighted by molar-refractivity contribution is 0.312. The van der Waals surface area contributed by atoms with Crippen molar-refractivity contribution >= 4 is 17.4 Å². The number of nitrogens with zero attached hydrogens (tertiary/aromatic N) is 4. The molecule has 0 radical (unpaired) electrons. The average Bonchev–Trinajstić information content (AvgIpc) is 2.52. The standard InChI is InChI=1S/C16H19ClN4O/c1-12-9-13(3-4-14(12)17)22-16-10-15(18-11-19-16)21-7-5-20(2)6-8-21/h3-4,9-11H,5-8H2,1-2H3. The highest BCUT2D eigenvalue weighted by Crippen LogP contribution is 2.26. The van der Waals surface area contributed by atoms with E-state index in [1.54, 1.807) is 6.33 Å². The zero-order valence-corrected chi connectivity index (χ0v) is 13.5. The zero-order valence-electron chi connectivity index (χ0n) is 12.8. The third kappa shape index (κ3) is 3.48. The van der Waals surface area contributed by atoms with E-state index >= 15 is 0 Å². The Kier molecular flexibility index (Phi) is 4.45. The van der Waals surface area contributed by atoms with Crippen LogP contribution in [0.5, 0.6) is 11.6 Å². The molecule has 1 saturated heterocycles. The molecule has 0 saturated carbocycles. The molecular formula is C16H19ClN4O. The summed E-state index contributed by atoms with van der Waals surface area (Å²) >= 11 is 6.03. The molecule has 0 aliphatic carbocycles. The first-order valence-corrected chi connectivity index (χ1v) is 7.69. The van der Waals surface area contributed by atoms with Crippen LogP contribution in [0.15, 0.2) is 30.6 Å². The number of aryl methyl sites for hydroxylation is 1. The van der Waals surface area contributed by atoms with Crippen LogP contribution in [0.2, 0.25) is 5.02 Å². The normalized spacial score (nSPS) is 15.9. The molecule has 0 bridgehead atoms. The topological polar surface area (TPSA) is 41.5 Å². The molecule has 116 valence electrons. The third-order valence-electron chi connectivity index (χ3n) is 3.81. The first kappa shape index (κ1) is 15.1. The maximum Gasteiger partial charge on any atom is 0.224 e. The number of halogens is 1. The summed E-state index contributed by atoms with van der Waals surface area (Å²) in [5.74, 6) is 2.18. The van der Waals surface area contributed by atoms with Crippen molar-refractivity contribution < 1.29 is 4.74 Å². The van der Waals surface area contributed by atoms with Crippen molar-refractivity contribution in [2.75, 3.05) is 38.1 Å². The SMILES string of the molecule is Cc1cc(Oc2cc(N3CCN(C)CC3)ncn2)ccc1Cl. The summed E-state index contributed by atoms with van der Waals surface area (Å²) in [6, 6.07) is 7.46. The number of ether oxygens (including phenoxy) is 1. The number of anilines is 1. The van der Waals surface area contributed by atoms with Gasteiger partial charge >= 0.3 is 0 Å². The Morgan fingerprint density at radius 1 is 1.09 bits per heavy atom. The number of rotatable bonds is 3. The molecule has 0 atom stereocenters. The highest BCUT2D eigenvalue weighted by Gasteiger charge is 2.16. The van der Waals surface area contributed by atoms with Gasteiger partial charge in [-0.25, -0.2) is 9.97 Å². The van der Waals surface area contributed by atoms with E-state index in [0.717, 1.165) is 48.3 Å². The van der Waals surface area contributed by atoms with Crippen molar-refractivity contribution in [2.24, 2.45) is 0 Å². The van der Waals surface area contributed by atoms with Crippen LogP contribution in [0, 0.1) is 6.92 Å². The second kappa shape index (κ2) is 6.50. The van der Waals surface area contributed by atoms with Crippen molar-refractivity contribution in [3.8, 4) is 11.6 Å². The summed E-state index contributed by atoms with van der Waals surface area (Å²) in [6.45, 7) is 5.96. The summed E-state index contributed by atoms with van der Waals surface area (Å²) in [5, 5.41) is 0.730. The highest BCUT2D eigenvalue weighted by molar-refractivity contribution is 6.31. The van der Waals surface area contributed by atoms with Gasteiger partial charge in [-0.05, 0) is 37.7 Å². The van der Waals surface area contributed by atoms with Crippen molar-refractivity contribution in [1.29, 1.82) is 0 Å². The number of aromatic nitrogens is 2. The fourth-order valence-corrected chi connectivity index (χ4v) is 2.51. The quantitative estimate of drug-likeness (QED) is 0.870.